The number of nitrogens with one attached hydrogen (secondary N) is 1. The van der Waals surface area contributed by atoms with Crippen LogP contribution in [0, 0.1) is 6.92 Å². The van der Waals surface area contributed by atoms with Gasteiger partial charge in [0.2, 0.25) is 0 Å². The van der Waals surface area contributed by atoms with Crippen molar-refractivity contribution in [1.29, 1.82) is 0 Å². The van der Waals surface area contributed by atoms with Crippen LogP contribution >= 0.6 is 0 Å². The van der Waals surface area contributed by atoms with Crippen molar-refractivity contribution < 1.29 is 0 Å². The van der Waals surface area contributed by atoms with Crippen molar-refractivity contribution in [3.63, 3.8) is 0 Å². The molecule has 0 fully saturated rings. The van der Waals surface area contributed by atoms with Gasteiger partial charge >= 0.3 is 0 Å². The van der Waals surface area contributed by atoms with E-state index in [1.165, 1.54) is 75.6 Å². The van der Waals surface area contributed by atoms with Crippen molar-refractivity contribution >= 4 is 0 Å². The number of H-pyrrole nitrogens is 1. The molecule has 0 aliphatic heterocycles. The molecule has 0 saturated heterocycles. The summed E-state index contributed by atoms with van der Waals surface area (Å²) in [5, 5.41) is 0. The van der Waals surface area contributed by atoms with Gasteiger partial charge in [-0.3, -0.25) is 0 Å². The van der Waals surface area contributed by atoms with Gasteiger partial charge in [0.1, 0.15) is 5.82 Å². The molecule has 0 spiro atoms. The number of aromatic nitrogens is 2. The summed E-state index contributed by atoms with van der Waals surface area (Å²) in [6.45, 7) is 2.07. The van der Waals surface area contributed by atoms with Crippen molar-refractivity contribution in [2.24, 2.45) is 0 Å². The number of imidazole rings is 1. The standard InChI is InChI=1S/C14H24N2/c1-12-15-13-10-8-6-4-2-3-5-7-9-11-14(13)16-12/h2-11H2,1H3,(H,15,16). The largest absolute Gasteiger partial charge is 0.346 e. The lowest BCUT2D eigenvalue weighted by atomic mass is 10.0. The number of nitrogens with zero attached hydrogens (tertiary/aromatic N) is 1. The molecule has 0 aromatic carbocycles. The third kappa shape index (κ3) is 3.36. The smallest absolute Gasteiger partial charge is 0.103 e. The molecule has 1 aromatic heterocycles. The Labute approximate surface area is 98.9 Å². The zero-order valence-electron chi connectivity index (χ0n) is 10.5. The summed E-state index contributed by atoms with van der Waals surface area (Å²) < 4.78 is 0. The average molecular weight is 220 g/mol. The van der Waals surface area contributed by atoms with Crippen molar-refractivity contribution in [1.82, 2.24) is 9.97 Å². The van der Waals surface area contributed by atoms with Crippen LogP contribution in [0.15, 0.2) is 0 Å². The lowest BCUT2D eigenvalue weighted by Crippen LogP contribution is -1.96. The number of rotatable bonds is 0. The minimum absolute atomic E-state index is 1.10. The van der Waals surface area contributed by atoms with E-state index < -0.39 is 0 Å². The van der Waals surface area contributed by atoms with E-state index in [4.69, 9.17) is 0 Å². The fraction of sp³-hybridized carbons (Fsp3) is 0.786. The summed E-state index contributed by atoms with van der Waals surface area (Å²) in [7, 11) is 0. The van der Waals surface area contributed by atoms with Gasteiger partial charge in [0.05, 0.1) is 5.69 Å². The van der Waals surface area contributed by atoms with Crippen molar-refractivity contribution in [3.8, 4) is 0 Å². The molecule has 2 heteroatoms. The second-order valence-electron chi connectivity index (χ2n) is 5.08. The van der Waals surface area contributed by atoms with Crippen LogP contribution < -0.4 is 0 Å². The van der Waals surface area contributed by atoms with Crippen LogP contribution in [-0.2, 0) is 12.8 Å². The number of aromatic amines is 1. The maximum Gasteiger partial charge on any atom is 0.103 e. The topological polar surface area (TPSA) is 28.7 Å². The van der Waals surface area contributed by atoms with E-state index in [9.17, 15) is 0 Å². The number of hydrogen-bond acceptors (Lipinski definition) is 1. The molecule has 1 heterocycles. The van der Waals surface area contributed by atoms with Gasteiger partial charge in [-0.1, -0.05) is 38.5 Å². The Bertz CT molecular complexity index is 285. The Hall–Kier alpha value is -0.790. The van der Waals surface area contributed by atoms with Gasteiger partial charge in [0.25, 0.3) is 0 Å². The summed E-state index contributed by atoms with van der Waals surface area (Å²) in [5.74, 6) is 1.10. The van der Waals surface area contributed by atoms with Crippen LogP contribution in [0.25, 0.3) is 0 Å². The molecule has 0 unspecified atom stereocenters. The number of fused-ring (bicyclic) bond motifs is 1. The van der Waals surface area contributed by atoms with Crippen molar-refractivity contribution in [3.05, 3.63) is 17.2 Å². The van der Waals surface area contributed by atoms with Crippen LogP contribution in [0.2, 0.25) is 0 Å². The first kappa shape index (κ1) is 11.7. The van der Waals surface area contributed by atoms with E-state index in [0.29, 0.717) is 0 Å². The van der Waals surface area contributed by atoms with Crippen LogP contribution in [0.5, 0.6) is 0 Å². The Morgan fingerprint density at radius 2 is 1.38 bits per heavy atom. The predicted octanol–water partition coefficient (Wildman–Crippen LogP) is 3.94. The van der Waals surface area contributed by atoms with Gasteiger partial charge in [-0.05, 0) is 32.6 Å². The van der Waals surface area contributed by atoms with Crippen LogP contribution in [0.3, 0.4) is 0 Å². The van der Waals surface area contributed by atoms with E-state index >= 15 is 0 Å². The number of hydrogen-bond donors (Lipinski definition) is 1. The van der Waals surface area contributed by atoms with Crippen molar-refractivity contribution in [2.45, 2.75) is 71.1 Å². The fourth-order valence-electron chi connectivity index (χ4n) is 2.66. The summed E-state index contributed by atoms with van der Waals surface area (Å²) in [6.07, 6.45) is 13.5. The molecule has 1 aromatic rings. The molecular weight excluding hydrogens is 196 g/mol. The first-order valence-electron chi connectivity index (χ1n) is 6.90. The molecule has 1 N–H and O–H groups in total. The van der Waals surface area contributed by atoms with E-state index in [0.717, 1.165) is 5.82 Å². The zero-order valence-corrected chi connectivity index (χ0v) is 10.5. The Morgan fingerprint density at radius 3 is 2.06 bits per heavy atom. The monoisotopic (exact) mass is 220 g/mol. The highest BCUT2D eigenvalue weighted by molar-refractivity contribution is 5.14. The Balaban J connectivity index is 1.99. The Morgan fingerprint density at radius 1 is 0.812 bits per heavy atom. The molecule has 2 nitrogen and oxygen atoms in total. The highest BCUT2D eigenvalue weighted by atomic mass is 14.9. The zero-order chi connectivity index (χ0) is 11.2. The van der Waals surface area contributed by atoms with E-state index in [-0.39, 0.29) is 0 Å². The third-order valence-corrected chi connectivity index (χ3v) is 3.57. The van der Waals surface area contributed by atoms with Gasteiger partial charge in [-0.15, -0.1) is 0 Å². The predicted molar refractivity (Wildman–Crippen MR) is 67.7 cm³/mol. The van der Waals surface area contributed by atoms with Gasteiger partial charge < -0.3 is 4.98 Å². The molecule has 1 aliphatic carbocycles. The average Bonchev–Trinajstić information content (AvgIpc) is 2.59. The van der Waals surface area contributed by atoms with Crippen LogP contribution in [-0.4, -0.2) is 9.97 Å². The molecule has 0 atom stereocenters. The SMILES string of the molecule is Cc1nc2c([nH]1)CCCCCCCCCC2. The molecule has 0 saturated carbocycles. The van der Waals surface area contributed by atoms with Crippen LogP contribution in [0.4, 0.5) is 0 Å². The minimum atomic E-state index is 1.10. The molecule has 1 aliphatic rings. The molecule has 0 bridgehead atoms. The normalized spacial score (nSPS) is 19.6. The van der Waals surface area contributed by atoms with E-state index in [2.05, 4.69) is 16.9 Å². The first-order chi connectivity index (χ1) is 7.86. The number of aryl methyl sites for hydroxylation is 3. The highest BCUT2D eigenvalue weighted by Crippen LogP contribution is 2.17. The molecule has 0 radical (unpaired) electrons. The van der Waals surface area contributed by atoms with Gasteiger partial charge in [0, 0.05) is 5.69 Å². The van der Waals surface area contributed by atoms with Crippen molar-refractivity contribution in [2.75, 3.05) is 0 Å². The quantitative estimate of drug-likeness (QED) is 0.705. The maximum atomic E-state index is 4.62. The fourth-order valence-corrected chi connectivity index (χ4v) is 2.66. The minimum Gasteiger partial charge on any atom is -0.346 e. The second kappa shape index (κ2) is 6.07. The molecule has 0 amide bonds. The summed E-state index contributed by atoms with van der Waals surface area (Å²) in [4.78, 5) is 8.06. The Kier molecular flexibility index (Phi) is 4.44. The summed E-state index contributed by atoms with van der Waals surface area (Å²) >= 11 is 0. The second-order valence-corrected chi connectivity index (χ2v) is 5.08. The van der Waals surface area contributed by atoms with Gasteiger partial charge in [0.15, 0.2) is 0 Å². The van der Waals surface area contributed by atoms with Gasteiger partial charge in [-0.25, -0.2) is 4.98 Å². The maximum absolute atomic E-state index is 4.62. The van der Waals surface area contributed by atoms with Crippen LogP contribution in [0.1, 0.15) is 68.6 Å². The van der Waals surface area contributed by atoms with Gasteiger partial charge in [-0.2, -0.15) is 0 Å². The lowest BCUT2D eigenvalue weighted by Gasteiger charge is -2.06. The molecule has 90 valence electrons. The lowest BCUT2D eigenvalue weighted by molar-refractivity contribution is 0.556. The van der Waals surface area contributed by atoms with E-state index in [1.54, 1.807) is 0 Å². The highest BCUT2D eigenvalue weighted by Gasteiger charge is 2.08. The molecular formula is C14H24N2. The third-order valence-electron chi connectivity index (χ3n) is 3.57. The summed E-state index contributed by atoms with van der Waals surface area (Å²) in [5.41, 5.74) is 2.76. The van der Waals surface area contributed by atoms with E-state index in [1.807, 2.05) is 0 Å². The summed E-state index contributed by atoms with van der Waals surface area (Å²) in [6, 6.07) is 0. The molecule has 2 rings (SSSR count). The first-order valence-corrected chi connectivity index (χ1v) is 6.90. The molecule has 16 heavy (non-hydrogen) atoms.